The summed E-state index contributed by atoms with van der Waals surface area (Å²) in [5.74, 6) is 0. The summed E-state index contributed by atoms with van der Waals surface area (Å²) in [6, 6.07) is 7.18. The van der Waals surface area contributed by atoms with Crippen molar-refractivity contribution in [3.05, 3.63) is 51.4 Å². The molecule has 0 aliphatic carbocycles. The smallest absolute Gasteiger partial charge is 0.267 e. The predicted octanol–water partition coefficient (Wildman–Crippen LogP) is 2.11. The maximum absolute atomic E-state index is 12.8. The minimum absolute atomic E-state index is 0.110. The Labute approximate surface area is 132 Å². The van der Waals surface area contributed by atoms with Gasteiger partial charge in [-0.25, -0.2) is 4.98 Å². The third-order valence-electron chi connectivity index (χ3n) is 3.99. The molecule has 0 atom stereocenters. The Bertz CT molecular complexity index is 1070. The van der Waals surface area contributed by atoms with Crippen LogP contribution in [0.4, 0.5) is 0 Å². The largest absolute Gasteiger partial charge is 0.310 e. The van der Waals surface area contributed by atoms with Gasteiger partial charge in [0.15, 0.2) is 0 Å². The second-order valence-corrected chi connectivity index (χ2v) is 5.56. The third kappa shape index (κ3) is 2.30. The van der Waals surface area contributed by atoms with Gasteiger partial charge in [0, 0.05) is 12.7 Å². The number of nitriles is 1. The number of nitrogens with one attached hydrogen (secondary N) is 1. The summed E-state index contributed by atoms with van der Waals surface area (Å²) in [4.78, 5) is 17.4. The molecule has 1 N–H and O–H groups in total. The third-order valence-corrected chi connectivity index (χ3v) is 3.99. The molecule has 0 radical (unpaired) electrons. The van der Waals surface area contributed by atoms with Gasteiger partial charge in [-0.15, -0.1) is 0 Å². The Balaban J connectivity index is 2.53. The van der Waals surface area contributed by atoms with E-state index in [1.165, 1.54) is 10.5 Å². The molecule has 3 heterocycles. The maximum atomic E-state index is 12.8. The Kier molecular flexibility index (Phi) is 3.70. The van der Waals surface area contributed by atoms with E-state index in [2.05, 4.69) is 11.9 Å². The van der Waals surface area contributed by atoms with Crippen molar-refractivity contribution in [3.8, 4) is 6.07 Å². The lowest BCUT2D eigenvalue weighted by molar-refractivity contribution is 0.614. The van der Waals surface area contributed by atoms with Gasteiger partial charge in [-0.1, -0.05) is 19.4 Å². The average Bonchev–Trinajstić information content (AvgIpc) is 2.55. The zero-order valence-electron chi connectivity index (χ0n) is 13.1. The highest BCUT2D eigenvalue weighted by Crippen LogP contribution is 2.12. The van der Waals surface area contributed by atoms with Crippen molar-refractivity contribution in [3.63, 3.8) is 0 Å². The molecule has 116 valence electrons. The Morgan fingerprint density at radius 2 is 2.17 bits per heavy atom. The van der Waals surface area contributed by atoms with Crippen molar-refractivity contribution in [1.82, 2.24) is 14.0 Å². The fourth-order valence-electron chi connectivity index (χ4n) is 2.72. The van der Waals surface area contributed by atoms with Gasteiger partial charge in [0.2, 0.25) is 0 Å². The van der Waals surface area contributed by atoms with E-state index in [0.29, 0.717) is 23.2 Å². The summed E-state index contributed by atoms with van der Waals surface area (Å²) in [5.41, 5.74) is 2.04. The van der Waals surface area contributed by atoms with Crippen molar-refractivity contribution in [2.75, 3.05) is 0 Å². The second-order valence-electron chi connectivity index (χ2n) is 5.56. The van der Waals surface area contributed by atoms with E-state index in [-0.39, 0.29) is 16.6 Å². The zero-order valence-corrected chi connectivity index (χ0v) is 13.1. The molecule has 0 bridgehead atoms. The molecule has 0 unspecified atom stereocenters. The molecule has 0 saturated carbocycles. The standard InChI is InChI=1S/C17H17N5O/c1-3-4-7-21-14(19)12(10-18)9-13-16(21)20-15-11(2)6-5-8-22(15)17(13)23/h5-6,8-9,19H,3-4,7H2,1-2H3. The van der Waals surface area contributed by atoms with Gasteiger partial charge in [-0.2, -0.15) is 5.26 Å². The number of pyridine rings is 2. The van der Waals surface area contributed by atoms with Gasteiger partial charge in [0.25, 0.3) is 5.56 Å². The molecule has 0 aliphatic heterocycles. The molecule has 3 rings (SSSR count). The summed E-state index contributed by atoms with van der Waals surface area (Å²) in [5, 5.41) is 17.9. The average molecular weight is 307 g/mol. The zero-order chi connectivity index (χ0) is 16.6. The fourth-order valence-corrected chi connectivity index (χ4v) is 2.72. The van der Waals surface area contributed by atoms with E-state index < -0.39 is 0 Å². The second kappa shape index (κ2) is 5.69. The quantitative estimate of drug-likeness (QED) is 0.752. The van der Waals surface area contributed by atoms with E-state index in [4.69, 9.17) is 5.41 Å². The van der Waals surface area contributed by atoms with Crippen molar-refractivity contribution in [2.24, 2.45) is 0 Å². The lowest BCUT2D eigenvalue weighted by atomic mass is 10.2. The van der Waals surface area contributed by atoms with Crippen LogP contribution in [0.15, 0.2) is 29.2 Å². The lowest BCUT2D eigenvalue weighted by Crippen LogP contribution is -2.27. The van der Waals surface area contributed by atoms with Crippen molar-refractivity contribution in [1.29, 1.82) is 10.7 Å². The number of hydrogen-bond donors (Lipinski definition) is 1. The van der Waals surface area contributed by atoms with Crippen LogP contribution in [0.5, 0.6) is 0 Å². The molecular formula is C17H17N5O. The van der Waals surface area contributed by atoms with Crippen LogP contribution in [0, 0.1) is 23.7 Å². The first-order valence-electron chi connectivity index (χ1n) is 7.58. The lowest BCUT2D eigenvalue weighted by Gasteiger charge is -2.13. The number of fused-ring (bicyclic) bond motifs is 2. The molecule has 0 spiro atoms. The molecule has 0 aliphatic rings. The van der Waals surface area contributed by atoms with E-state index in [1.807, 2.05) is 19.1 Å². The molecular weight excluding hydrogens is 290 g/mol. The molecule has 0 saturated heterocycles. The first-order chi connectivity index (χ1) is 11.1. The van der Waals surface area contributed by atoms with Crippen LogP contribution >= 0.6 is 0 Å². The number of aryl methyl sites for hydroxylation is 2. The highest BCUT2D eigenvalue weighted by atomic mass is 16.1. The van der Waals surface area contributed by atoms with Crippen molar-refractivity contribution in [2.45, 2.75) is 33.2 Å². The Hall–Kier alpha value is -2.94. The van der Waals surface area contributed by atoms with Gasteiger partial charge in [-0.3, -0.25) is 14.6 Å². The first-order valence-corrected chi connectivity index (χ1v) is 7.58. The summed E-state index contributed by atoms with van der Waals surface area (Å²) < 4.78 is 3.16. The van der Waals surface area contributed by atoms with Crippen LogP contribution < -0.4 is 11.0 Å². The molecule has 3 aromatic rings. The Morgan fingerprint density at radius 1 is 1.39 bits per heavy atom. The van der Waals surface area contributed by atoms with E-state index in [1.54, 1.807) is 16.8 Å². The maximum Gasteiger partial charge on any atom is 0.267 e. The molecule has 3 aromatic heterocycles. The van der Waals surface area contributed by atoms with Gasteiger partial charge in [0.1, 0.15) is 22.9 Å². The minimum atomic E-state index is -0.213. The highest BCUT2D eigenvalue weighted by molar-refractivity contribution is 5.78. The van der Waals surface area contributed by atoms with Crippen LogP contribution in [0.25, 0.3) is 16.7 Å². The SMILES string of the molecule is CCCCn1c(=N)c(C#N)cc2c(=O)n3cccc(C)c3nc21. The normalized spacial score (nSPS) is 11.0. The molecule has 0 amide bonds. The summed E-state index contributed by atoms with van der Waals surface area (Å²) >= 11 is 0. The van der Waals surface area contributed by atoms with Crippen LogP contribution in [-0.2, 0) is 6.54 Å². The highest BCUT2D eigenvalue weighted by Gasteiger charge is 2.13. The van der Waals surface area contributed by atoms with Gasteiger partial charge in [0.05, 0.1) is 10.9 Å². The topological polar surface area (TPSA) is 86.9 Å². The molecule has 6 heteroatoms. The van der Waals surface area contributed by atoms with Gasteiger partial charge >= 0.3 is 0 Å². The number of aromatic nitrogens is 3. The van der Waals surface area contributed by atoms with Crippen LogP contribution in [-0.4, -0.2) is 14.0 Å². The van der Waals surface area contributed by atoms with Gasteiger partial charge < -0.3 is 4.57 Å². The summed E-state index contributed by atoms with van der Waals surface area (Å²) in [6.07, 6.45) is 3.49. The minimum Gasteiger partial charge on any atom is -0.310 e. The number of rotatable bonds is 3. The summed E-state index contributed by atoms with van der Waals surface area (Å²) in [7, 11) is 0. The van der Waals surface area contributed by atoms with Crippen molar-refractivity contribution < 1.29 is 0 Å². The van der Waals surface area contributed by atoms with Crippen LogP contribution in [0.2, 0.25) is 0 Å². The van der Waals surface area contributed by atoms with Crippen LogP contribution in [0.1, 0.15) is 30.9 Å². The monoisotopic (exact) mass is 307 g/mol. The van der Waals surface area contributed by atoms with E-state index in [9.17, 15) is 10.1 Å². The molecule has 0 aromatic carbocycles. The number of unbranched alkanes of at least 4 members (excludes halogenated alkanes) is 1. The van der Waals surface area contributed by atoms with E-state index in [0.717, 1.165) is 18.4 Å². The van der Waals surface area contributed by atoms with Crippen LogP contribution in [0.3, 0.4) is 0 Å². The Morgan fingerprint density at radius 3 is 2.87 bits per heavy atom. The molecule has 6 nitrogen and oxygen atoms in total. The van der Waals surface area contributed by atoms with E-state index >= 15 is 0 Å². The van der Waals surface area contributed by atoms with Gasteiger partial charge in [-0.05, 0) is 31.0 Å². The number of hydrogen-bond acceptors (Lipinski definition) is 4. The van der Waals surface area contributed by atoms with Crippen molar-refractivity contribution >= 4 is 16.7 Å². The predicted molar refractivity (Wildman–Crippen MR) is 87.2 cm³/mol. The molecule has 23 heavy (non-hydrogen) atoms. The molecule has 0 fully saturated rings. The first kappa shape index (κ1) is 15.0. The fraction of sp³-hybridized carbons (Fsp3) is 0.294. The summed E-state index contributed by atoms with van der Waals surface area (Å²) in [6.45, 7) is 4.52. The number of nitrogens with zero attached hydrogens (tertiary/aromatic N) is 4.